The van der Waals surface area contributed by atoms with Crippen molar-refractivity contribution in [2.45, 2.75) is 78.2 Å². The van der Waals surface area contributed by atoms with Gasteiger partial charge in [-0.15, -0.1) is 0 Å². The highest BCUT2D eigenvalue weighted by atomic mass is 16.5. The first kappa shape index (κ1) is 18.0. The first-order valence-electron chi connectivity index (χ1n) is 10.8. The maximum Gasteiger partial charge on any atom is 0.0543 e. The molecule has 0 aromatic heterocycles. The molecule has 4 rings (SSSR count). The number of methoxy groups -OCH3 is 1. The fraction of sp³-hybridized carbons (Fsp3) is 0.913. The highest BCUT2D eigenvalue weighted by Gasteiger charge is 2.61. The Morgan fingerprint density at radius 2 is 1.92 bits per heavy atom. The maximum absolute atomic E-state index is 10.3. The van der Waals surface area contributed by atoms with Crippen LogP contribution in [0.3, 0.4) is 0 Å². The molecule has 4 aliphatic rings. The summed E-state index contributed by atoms with van der Waals surface area (Å²) in [6, 6.07) is 0. The quantitative estimate of drug-likeness (QED) is 0.696. The SMILES string of the molecule is C/C=C1/CC[C@H]2[C@@H]3[C@@H](COC)C[C@H]4C[C@@H](O)CC[C@]4(C)[C@H]3CC[C@]12C. The monoisotopic (exact) mass is 346 g/mol. The van der Waals surface area contributed by atoms with Gasteiger partial charge in [0.05, 0.1) is 6.10 Å². The van der Waals surface area contributed by atoms with Gasteiger partial charge in [-0.05, 0) is 98.7 Å². The second-order valence-corrected chi connectivity index (χ2v) is 10.2. The lowest BCUT2D eigenvalue weighted by molar-refractivity contribution is -0.151. The van der Waals surface area contributed by atoms with E-state index in [9.17, 15) is 5.11 Å². The smallest absolute Gasteiger partial charge is 0.0543 e. The number of fused-ring (bicyclic) bond motifs is 5. The van der Waals surface area contributed by atoms with Crippen molar-refractivity contribution in [3.05, 3.63) is 11.6 Å². The first-order valence-corrected chi connectivity index (χ1v) is 10.8. The van der Waals surface area contributed by atoms with E-state index in [2.05, 4.69) is 26.8 Å². The number of hydrogen-bond donors (Lipinski definition) is 1. The molecule has 0 saturated heterocycles. The molecule has 0 unspecified atom stereocenters. The zero-order valence-electron chi connectivity index (χ0n) is 16.8. The zero-order valence-corrected chi connectivity index (χ0v) is 16.8. The van der Waals surface area contributed by atoms with Crippen molar-refractivity contribution in [3.8, 4) is 0 Å². The second kappa shape index (κ2) is 6.37. The lowest BCUT2D eigenvalue weighted by Crippen LogP contribution is -2.57. The Hall–Kier alpha value is -0.340. The molecule has 0 aromatic rings. The minimum atomic E-state index is -0.0622. The maximum atomic E-state index is 10.3. The molecule has 0 heterocycles. The average molecular weight is 347 g/mol. The predicted octanol–water partition coefficient (Wildman–Crippen LogP) is 5.21. The molecule has 0 spiro atoms. The van der Waals surface area contributed by atoms with E-state index in [0.717, 1.165) is 37.2 Å². The highest BCUT2D eigenvalue weighted by Crippen LogP contribution is 2.68. The van der Waals surface area contributed by atoms with Crippen molar-refractivity contribution < 1.29 is 9.84 Å². The zero-order chi connectivity index (χ0) is 17.8. The Labute approximate surface area is 154 Å². The van der Waals surface area contributed by atoms with Crippen LogP contribution >= 0.6 is 0 Å². The van der Waals surface area contributed by atoms with E-state index >= 15 is 0 Å². The number of allylic oxidation sites excluding steroid dienone is 2. The second-order valence-electron chi connectivity index (χ2n) is 10.2. The summed E-state index contributed by atoms with van der Waals surface area (Å²) in [4.78, 5) is 0. The summed E-state index contributed by atoms with van der Waals surface area (Å²) in [5.41, 5.74) is 2.63. The van der Waals surface area contributed by atoms with Gasteiger partial charge in [0.2, 0.25) is 0 Å². The summed E-state index contributed by atoms with van der Waals surface area (Å²) in [5, 5.41) is 10.3. The van der Waals surface area contributed by atoms with E-state index in [1.54, 1.807) is 5.57 Å². The molecule has 0 bridgehead atoms. The van der Waals surface area contributed by atoms with Gasteiger partial charge in [-0.25, -0.2) is 0 Å². The van der Waals surface area contributed by atoms with E-state index in [4.69, 9.17) is 4.74 Å². The number of rotatable bonds is 2. The molecule has 8 atom stereocenters. The molecule has 25 heavy (non-hydrogen) atoms. The molecule has 0 aromatic carbocycles. The summed E-state index contributed by atoms with van der Waals surface area (Å²) in [6.45, 7) is 8.32. The fourth-order valence-corrected chi connectivity index (χ4v) is 8.11. The van der Waals surface area contributed by atoms with E-state index in [0.29, 0.717) is 22.7 Å². The van der Waals surface area contributed by atoms with Crippen LogP contribution in [0.4, 0.5) is 0 Å². The van der Waals surface area contributed by atoms with Gasteiger partial charge in [-0.1, -0.05) is 25.5 Å². The molecule has 142 valence electrons. The Balaban J connectivity index is 1.70. The third kappa shape index (κ3) is 2.57. The molecule has 0 amide bonds. The number of aliphatic hydroxyl groups excluding tert-OH is 1. The third-order valence-electron chi connectivity index (χ3n) is 9.39. The predicted molar refractivity (Wildman–Crippen MR) is 102 cm³/mol. The van der Waals surface area contributed by atoms with Crippen molar-refractivity contribution in [3.63, 3.8) is 0 Å². The van der Waals surface area contributed by atoms with Crippen LogP contribution in [-0.4, -0.2) is 24.9 Å². The van der Waals surface area contributed by atoms with Crippen molar-refractivity contribution in [2.75, 3.05) is 13.7 Å². The minimum absolute atomic E-state index is 0.0622. The molecule has 0 radical (unpaired) electrons. The van der Waals surface area contributed by atoms with Gasteiger partial charge in [0, 0.05) is 13.7 Å². The van der Waals surface area contributed by atoms with Gasteiger partial charge >= 0.3 is 0 Å². The van der Waals surface area contributed by atoms with Crippen molar-refractivity contribution in [1.82, 2.24) is 0 Å². The highest BCUT2D eigenvalue weighted by molar-refractivity contribution is 5.24. The Morgan fingerprint density at radius 1 is 1.12 bits per heavy atom. The van der Waals surface area contributed by atoms with Crippen LogP contribution in [0.2, 0.25) is 0 Å². The van der Waals surface area contributed by atoms with Gasteiger partial charge in [0.1, 0.15) is 0 Å². The Kier molecular flexibility index (Phi) is 4.60. The van der Waals surface area contributed by atoms with Gasteiger partial charge in [0.15, 0.2) is 0 Å². The van der Waals surface area contributed by atoms with Crippen molar-refractivity contribution >= 4 is 0 Å². The van der Waals surface area contributed by atoms with Crippen LogP contribution in [0, 0.1) is 40.4 Å². The van der Waals surface area contributed by atoms with Crippen LogP contribution in [0.1, 0.15) is 72.1 Å². The lowest BCUT2D eigenvalue weighted by Gasteiger charge is -2.62. The number of aliphatic hydroxyl groups is 1. The summed E-state index contributed by atoms with van der Waals surface area (Å²) in [6.07, 6.45) is 12.4. The number of hydrogen-bond acceptors (Lipinski definition) is 2. The van der Waals surface area contributed by atoms with E-state index in [-0.39, 0.29) is 6.10 Å². The molecule has 4 saturated carbocycles. The van der Waals surface area contributed by atoms with Gasteiger partial charge < -0.3 is 9.84 Å². The van der Waals surface area contributed by atoms with Gasteiger partial charge in [-0.2, -0.15) is 0 Å². The molecule has 4 fully saturated rings. The third-order valence-corrected chi connectivity index (χ3v) is 9.39. The van der Waals surface area contributed by atoms with E-state index < -0.39 is 0 Å². The van der Waals surface area contributed by atoms with Crippen LogP contribution < -0.4 is 0 Å². The molecular formula is C23H38O2. The molecule has 2 heteroatoms. The fourth-order valence-electron chi connectivity index (χ4n) is 8.11. The minimum Gasteiger partial charge on any atom is -0.393 e. The average Bonchev–Trinajstić information content (AvgIpc) is 2.93. The standard InChI is InChI=1S/C23H38O2/c1-5-16-6-7-19-21-15(14-25-4)12-17-13-18(24)8-10-23(17,3)20(21)9-11-22(16,19)2/h5,15,17-21,24H,6-14H2,1-4H3/b16-5-/t15-,17+,18+,19+,20+,21+,22-,23+/m1/s1. The van der Waals surface area contributed by atoms with Crippen LogP contribution in [-0.2, 0) is 4.74 Å². The van der Waals surface area contributed by atoms with Crippen LogP contribution in [0.25, 0.3) is 0 Å². The van der Waals surface area contributed by atoms with E-state index in [1.165, 1.54) is 38.5 Å². The number of ether oxygens (including phenoxy) is 1. The van der Waals surface area contributed by atoms with Gasteiger partial charge in [-0.3, -0.25) is 0 Å². The normalized spacial score (nSPS) is 54.0. The molecular weight excluding hydrogens is 308 g/mol. The topological polar surface area (TPSA) is 29.5 Å². The first-order chi connectivity index (χ1) is 11.9. The molecule has 4 aliphatic carbocycles. The van der Waals surface area contributed by atoms with Crippen molar-refractivity contribution in [2.24, 2.45) is 40.4 Å². The summed E-state index contributed by atoms with van der Waals surface area (Å²) in [5.74, 6) is 3.91. The Morgan fingerprint density at radius 3 is 2.64 bits per heavy atom. The Bertz CT molecular complexity index is 540. The van der Waals surface area contributed by atoms with E-state index in [1.807, 2.05) is 7.11 Å². The molecule has 0 aliphatic heterocycles. The summed E-state index contributed by atoms with van der Waals surface area (Å²) >= 11 is 0. The summed E-state index contributed by atoms with van der Waals surface area (Å²) < 4.78 is 5.73. The molecule has 2 nitrogen and oxygen atoms in total. The lowest BCUT2D eigenvalue weighted by atomic mass is 9.43. The van der Waals surface area contributed by atoms with Gasteiger partial charge in [0.25, 0.3) is 0 Å². The van der Waals surface area contributed by atoms with Crippen molar-refractivity contribution in [1.29, 1.82) is 0 Å². The summed E-state index contributed by atoms with van der Waals surface area (Å²) in [7, 11) is 1.88. The largest absolute Gasteiger partial charge is 0.393 e. The van der Waals surface area contributed by atoms with Crippen LogP contribution in [0.15, 0.2) is 11.6 Å². The molecule has 1 N–H and O–H groups in total. The van der Waals surface area contributed by atoms with Crippen LogP contribution in [0.5, 0.6) is 0 Å².